The number of nitrogens with zero attached hydrogens (tertiary/aromatic N) is 1. The standard InChI is InChI=1S/C18H22N2O/c1-13-10-17-18(11-14(13)2)20(9-8-19-17)12-15-4-6-16(21-3)7-5-15/h4-7,10-11,19H,8-9,12H2,1-3H3. The molecule has 3 nitrogen and oxygen atoms in total. The van der Waals surface area contributed by atoms with E-state index in [0.29, 0.717) is 0 Å². The van der Waals surface area contributed by atoms with Crippen LogP contribution < -0.4 is 15.0 Å². The van der Waals surface area contributed by atoms with Crippen LogP contribution in [0.3, 0.4) is 0 Å². The zero-order chi connectivity index (χ0) is 14.8. The first-order valence-corrected chi connectivity index (χ1v) is 7.40. The van der Waals surface area contributed by atoms with Crippen LogP contribution in [0.1, 0.15) is 16.7 Å². The molecule has 3 rings (SSSR count). The van der Waals surface area contributed by atoms with Crippen LogP contribution in [0.15, 0.2) is 36.4 Å². The van der Waals surface area contributed by atoms with E-state index in [0.717, 1.165) is 25.4 Å². The second-order valence-corrected chi connectivity index (χ2v) is 5.65. The molecule has 0 spiro atoms. The van der Waals surface area contributed by atoms with Gasteiger partial charge in [-0.1, -0.05) is 12.1 Å². The first-order chi connectivity index (χ1) is 10.2. The van der Waals surface area contributed by atoms with Crippen molar-refractivity contribution in [3.8, 4) is 5.75 Å². The van der Waals surface area contributed by atoms with Crippen molar-refractivity contribution in [1.82, 2.24) is 0 Å². The van der Waals surface area contributed by atoms with Crippen LogP contribution in [0.5, 0.6) is 5.75 Å². The Balaban J connectivity index is 1.85. The van der Waals surface area contributed by atoms with Crippen molar-refractivity contribution in [3.05, 3.63) is 53.1 Å². The molecular formula is C18H22N2O. The fraction of sp³-hybridized carbons (Fsp3) is 0.333. The maximum absolute atomic E-state index is 5.22. The Morgan fingerprint density at radius 2 is 1.81 bits per heavy atom. The topological polar surface area (TPSA) is 24.5 Å². The van der Waals surface area contributed by atoms with Crippen molar-refractivity contribution >= 4 is 11.4 Å². The molecule has 0 radical (unpaired) electrons. The van der Waals surface area contributed by atoms with E-state index in [9.17, 15) is 0 Å². The number of methoxy groups -OCH3 is 1. The van der Waals surface area contributed by atoms with E-state index in [2.05, 4.69) is 48.3 Å². The van der Waals surface area contributed by atoms with Gasteiger partial charge in [0, 0.05) is 19.6 Å². The highest BCUT2D eigenvalue weighted by Crippen LogP contribution is 2.32. The lowest BCUT2D eigenvalue weighted by molar-refractivity contribution is 0.414. The van der Waals surface area contributed by atoms with Crippen molar-refractivity contribution in [2.75, 3.05) is 30.4 Å². The molecule has 0 fully saturated rings. The lowest BCUT2D eigenvalue weighted by Crippen LogP contribution is -2.33. The van der Waals surface area contributed by atoms with E-state index >= 15 is 0 Å². The molecule has 1 heterocycles. The average Bonchev–Trinajstić information content (AvgIpc) is 2.50. The Morgan fingerprint density at radius 1 is 1.10 bits per heavy atom. The summed E-state index contributed by atoms with van der Waals surface area (Å²) in [6, 6.07) is 12.9. The summed E-state index contributed by atoms with van der Waals surface area (Å²) in [5, 5.41) is 3.50. The Kier molecular flexibility index (Phi) is 3.74. The van der Waals surface area contributed by atoms with E-state index in [1.165, 1.54) is 28.1 Å². The Bertz CT molecular complexity index is 634. The Labute approximate surface area is 126 Å². The first-order valence-electron chi connectivity index (χ1n) is 7.40. The van der Waals surface area contributed by atoms with E-state index < -0.39 is 0 Å². The van der Waals surface area contributed by atoms with Crippen LogP contribution in [0.2, 0.25) is 0 Å². The van der Waals surface area contributed by atoms with Crippen LogP contribution >= 0.6 is 0 Å². The lowest BCUT2D eigenvalue weighted by atomic mass is 10.0. The molecule has 2 aromatic rings. The van der Waals surface area contributed by atoms with Crippen LogP contribution in [0.25, 0.3) is 0 Å². The molecule has 0 unspecified atom stereocenters. The summed E-state index contributed by atoms with van der Waals surface area (Å²) in [7, 11) is 1.70. The quantitative estimate of drug-likeness (QED) is 0.928. The molecule has 0 bridgehead atoms. The average molecular weight is 282 g/mol. The number of hydrogen-bond acceptors (Lipinski definition) is 3. The fourth-order valence-corrected chi connectivity index (χ4v) is 2.77. The van der Waals surface area contributed by atoms with Gasteiger partial charge in [-0.2, -0.15) is 0 Å². The molecule has 0 aliphatic carbocycles. The van der Waals surface area contributed by atoms with Crippen molar-refractivity contribution in [2.45, 2.75) is 20.4 Å². The monoisotopic (exact) mass is 282 g/mol. The lowest BCUT2D eigenvalue weighted by Gasteiger charge is -2.33. The summed E-state index contributed by atoms with van der Waals surface area (Å²) in [5.74, 6) is 0.908. The molecule has 0 aromatic heterocycles. The minimum absolute atomic E-state index is 0.908. The van der Waals surface area contributed by atoms with Gasteiger partial charge in [-0.25, -0.2) is 0 Å². The molecule has 0 saturated carbocycles. The number of ether oxygens (including phenoxy) is 1. The predicted molar refractivity (Wildman–Crippen MR) is 88.4 cm³/mol. The van der Waals surface area contributed by atoms with Gasteiger partial charge in [0.2, 0.25) is 0 Å². The molecule has 110 valence electrons. The maximum atomic E-state index is 5.22. The van der Waals surface area contributed by atoms with Gasteiger partial charge in [-0.3, -0.25) is 0 Å². The predicted octanol–water partition coefficient (Wildman–Crippen LogP) is 3.74. The highest BCUT2D eigenvalue weighted by molar-refractivity contribution is 5.74. The minimum Gasteiger partial charge on any atom is -0.497 e. The van der Waals surface area contributed by atoms with Crippen molar-refractivity contribution in [1.29, 1.82) is 0 Å². The third kappa shape index (κ3) is 2.82. The van der Waals surface area contributed by atoms with Gasteiger partial charge < -0.3 is 15.0 Å². The largest absolute Gasteiger partial charge is 0.497 e. The second-order valence-electron chi connectivity index (χ2n) is 5.65. The summed E-state index contributed by atoms with van der Waals surface area (Å²) in [4.78, 5) is 2.44. The summed E-state index contributed by atoms with van der Waals surface area (Å²) in [6.07, 6.45) is 0. The normalized spacial score (nSPS) is 13.6. The summed E-state index contributed by atoms with van der Waals surface area (Å²) < 4.78 is 5.22. The third-order valence-corrected chi connectivity index (χ3v) is 4.18. The number of nitrogens with one attached hydrogen (secondary N) is 1. The number of rotatable bonds is 3. The van der Waals surface area contributed by atoms with Gasteiger partial charge in [0.1, 0.15) is 5.75 Å². The highest BCUT2D eigenvalue weighted by Gasteiger charge is 2.17. The zero-order valence-corrected chi connectivity index (χ0v) is 12.9. The van der Waals surface area contributed by atoms with Crippen molar-refractivity contribution < 1.29 is 4.74 Å². The minimum atomic E-state index is 0.908. The highest BCUT2D eigenvalue weighted by atomic mass is 16.5. The Hall–Kier alpha value is -2.16. The van der Waals surface area contributed by atoms with Crippen molar-refractivity contribution in [2.24, 2.45) is 0 Å². The van der Waals surface area contributed by atoms with E-state index in [1.807, 2.05) is 12.1 Å². The van der Waals surface area contributed by atoms with Crippen LogP contribution in [-0.4, -0.2) is 20.2 Å². The second kappa shape index (κ2) is 5.68. The summed E-state index contributed by atoms with van der Waals surface area (Å²) in [5.41, 5.74) is 6.55. The number of anilines is 2. The summed E-state index contributed by atoms with van der Waals surface area (Å²) >= 11 is 0. The molecule has 0 atom stereocenters. The van der Waals surface area contributed by atoms with Gasteiger partial charge >= 0.3 is 0 Å². The molecule has 2 aromatic carbocycles. The van der Waals surface area contributed by atoms with Gasteiger partial charge in [0.15, 0.2) is 0 Å². The van der Waals surface area contributed by atoms with Gasteiger partial charge in [-0.15, -0.1) is 0 Å². The van der Waals surface area contributed by atoms with Crippen molar-refractivity contribution in [3.63, 3.8) is 0 Å². The Morgan fingerprint density at radius 3 is 2.52 bits per heavy atom. The van der Waals surface area contributed by atoms with E-state index in [1.54, 1.807) is 7.11 Å². The van der Waals surface area contributed by atoms with Gasteiger partial charge in [0.05, 0.1) is 18.5 Å². The molecule has 21 heavy (non-hydrogen) atoms. The number of aryl methyl sites for hydroxylation is 2. The fourth-order valence-electron chi connectivity index (χ4n) is 2.77. The third-order valence-electron chi connectivity index (χ3n) is 4.18. The zero-order valence-electron chi connectivity index (χ0n) is 12.9. The number of fused-ring (bicyclic) bond motifs is 1. The van der Waals surface area contributed by atoms with Crippen LogP contribution in [0, 0.1) is 13.8 Å². The molecule has 1 aliphatic rings. The van der Waals surface area contributed by atoms with Crippen LogP contribution in [0.4, 0.5) is 11.4 Å². The first kappa shape index (κ1) is 13.8. The number of benzene rings is 2. The number of hydrogen-bond donors (Lipinski definition) is 1. The van der Waals surface area contributed by atoms with Gasteiger partial charge in [0.25, 0.3) is 0 Å². The van der Waals surface area contributed by atoms with Crippen LogP contribution in [-0.2, 0) is 6.54 Å². The molecule has 1 N–H and O–H groups in total. The van der Waals surface area contributed by atoms with E-state index in [4.69, 9.17) is 4.74 Å². The van der Waals surface area contributed by atoms with E-state index in [-0.39, 0.29) is 0 Å². The SMILES string of the molecule is COc1ccc(CN2CCNc3cc(C)c(C)cc32)cc1. The molecule has 3 heteroatoms. The molecular weight excluding hydrogens is 260 g/mol. The van der Waals surface area contributed by atoms with Gasteiger partial charge in [-0.05, 0) is 54.8 Å². The molecule has 0 saturated heterocycles. The molecule has 0 amide bonds. The molecule has 1 aliphatic heterocycles. The summed E-state index contributed by atoms with van der Waals surface area (Å²) in [6.45, 7) is 7.30. The maximum Gasteiger partial charge on any atom is 0.118 e. The smallest absolute Gasteiger partial charge is 0.118 e.